The van der Waals surface area contributed by atoms with Gasteiger partial charge in [0.05, 0.1) is 9.47 Å². The number of nitrogen functional groups attached to an aromatic ring is 1. The van der Waals surface area contributed by atoms with Crippen molar-refractivity contribution in [3.05, 3.63) is 36.5 Å². The molecule has 0 unspecified atom stereocenters. The molecule has 0 aliphatic heterocycles. The van der Waals surface area contributed by atoms with Gasteiger partial charge in [-0.05, 0) is 78.5 Å². The van der Waals surface area contributed by atoms with Crippen LogP contribution in [0.5, 0.6) is 0 Å². The van der Waals surface area contributed by atoms with Crippen molar-refractivity contribution in [2.24, 2.45) is 0 Å². The van der Waals surface area contributed by atoms with Crippen LogP contribution in [0.1, 0.15) is 5.56 Å². The van der Waals surface area contributed by atoms with Gasteiger partial charge in [0.25, 0.3) is 10.0 Å². The summed E-state index contributed by atoms with van der Waals surface area (Å²) in [6, 6.07) is 4.90. The SMILES string of the molecule is Cc1cc(S(=O)(=O)Nc2c(Br)cc(N)cc2Br)sc1Br. The van der Waals surface area contributed by atoms with E-state index in [1.807, 2.05) is 6.92 Å². The lowest BCUT2D eigenvalue weighted by Gasteiger charge is -2.11. The maximum absolute atomic E-state index is 12.4. The lowest BCUT2D eigenvalue weighted by Crippen LogP contribution is -2.12. The van der Waals surface area contributed by atoms with Gasteiger partial charge in [0.15, 0.2) is 0 Å². The van der Waals surface area contributed by atoms with E-state index in [4.69, 9.17) is 5.73 Å². The largest absolute Gasteiger partial charge is 0.399 e. The van der Waals surface area contributed by atoms with E-state index in [1.165, 1.54) is 11.3 Å². The summed E-state index contributed by atoms with van der Waals surface area (Å²) in [5, 5.41) is 0. The number of thiophene rings is 1. The van der Waals surface area contributed by atoms with Crippen molar-refractivity contribution in [3.63, 3.8) is 0 Å². The second-order valence-electron chi connectivity index (χ2n) is 3.99. The topological polar surface area (TPSA) is 72.2 Å². The number of halogens is 3. The van der Waals surface area contributed by atoms with Crippen molar-refractivity contribution in [2.75, 3.05) is 10.5 Å². The molecule has 1 aromatic carbocycles. The molecule has 0 saturated heterocycles. The number of hydrogen-bond acceptors (Lipinski definition) is 4. The Hall–Kier alpha value is -0.0900. The first-order chi connectivity index (χ1) is 9.20. The molecule has 1 heterocycles. The monoisotopic (exact) mass is 502 g/mol. The van der Waals surface area contributed by atoms with Crippen LogP contribution in [-0.4, -0.2) is 8.42 Å². The van der Waals surface area contributed by atoms with E-state index in [1.54, 1.807) is 18.2 Å². The first kappa shape index (κ1) is 16.3. The van der Waals surface area contributed by atoms with Crippen molar-refractivity contribution in [1.29, 1.82) is 0 Å². The lowest BCUT2D eigenvalue weighted by molar-refractivity contribution is 0.603. The van der Waals surface area contributed by atoms with Crippen LogP contribution in [0.25, 0.3) is 0 Å². The maximum Gasteiger partial charge on any atom is 0.271 e. The van der Waals surface area contributed by atoms with E-state index in [9.17, 15) is 8.42 Å². The summed E-state index contributed by atoms with van der Waals surface area (Å²) in [5.41, 5.74) is 7.51. The molecule has 2 rings (SSSR count). The fourth-order valence-corrected chi connectivity index (χ4v) is 6.45. The molecule has 0 amide bonds. The first-order valence-electron chi connectivity index (χ1n) is 5.24. The molecular formula is C11H9Br3N2O2S2. The van der Waals surface area contributed by atoms with Gasteiger partial charge in [-0.25, -0.2) is 8.42 Å². The van der Waals surface area contributed by atoms with Gasteiger partial charge >= 0.3 is 0 Å². The van der Waals surface area contributed by atoms with E-state index in [2.05, 4.69) is 52.5 Å². The summed E-state index contributed by atoms with van der Waals surface area (Å²) in [7, 11) is -3.64. The van der Waals surface area contributed by atoms with Gasteiger partial charge < -0.3 is 5.73 Å². The summed E-state index contributed by atoms with van der Waals surface area (Å²) >= 11 is 11.1. The zero-order chi connectivity index (χ0) is 15.1. The fourth-order valence-electron chi connectivity index (χ4n) is 1.44. The summed E-state index contributed by atoms with van der Waals surface area (Å²) in [4.78, 5) is 0. The molecule has 4 nitrogen and oxygen atoms in total. The summed E-state index contributed by atoms with van der Waals surface area (Å²) < 4.78 is 29.5. The minimum Gasteiger partial charge on any atom is -0.399 e. The maximum atomic E-state index is 12.4. The number of nitrogens with two attached hydrogens (primary N) is 1. The number of anilines is 2. The van der Waals surface area contributed by atoms with Crippen LogP contribution in [0, 0.1) is 6.92 Å². The number of benzene rings is 1. The molecule has 0 bridgehead atoms. The van der Waals surface area contributed by atoms with Gasteiger partial charge in [-0.1, -0.05) is 0 Å². The molecule has 1 aromatic heterocycles. The molecule has 9 heteroatoms. The minimum atomic E-state index is -3.64. The Morgan fingerprint density at radius 1 is 1.15 bits per heavy atom. The highest BCUT2D eigenvalue weighted by atomic mass is 79.9. The van der Waals surface area contributed by atoms with Gasteiger partial charge in [-0.3, -0.25) is 4.72 Å². The van der Waals surface area contributed by atoms with Crippen molar-refractivity contribution in [1.82, 2.24) is 0 Å². The highest BCUT2D eigenvalue weighted by Gasteiger charge is 2.21. The Morgan fingerprint density at radius 3 is 2.15 bits per heavy atom. The second-order valence-corrected chi connectivity index (χ2v) is 9.98. The van der Waals surface area contributed by atoms with Gasteiger partial charge in [0, 0.05) is 14.6 Å². The Morgan fingerprint density at radius 2 is 1.70 bits per heavy atom. The van der Waals surface area contributed by atoms with Crippen LogP contribution >= 0.6 is 59.1 Å². The fraction of sp³-hybridized carbons (Fsp3) is 0.0909. The van der Waals surface area contributed by atoms with Crippen LogP contribution in [0.4, 0.5) is 11.4 Å². The lowest BCUT2D eigenvalue weighted by atomic mass is 10.3. The van der Waals surface area contributed by atoms with Crippen molar-refractivity contribution >= 4 is 80.5 Å². The summed E-state index contributed by atoms with van der Waals surface area (Å²) in [6.07, 6.45) is 0. The molecule has 20 heavy (non-hydrogen) atoms. The van der Waals surface area contributed by atoms with Crippen molar-refractivity contribution < 1.29 is 8.42 Å². The van der Waals surface area contributed by atoms with E-state index in [0.29, 0.717) is 20.3 Å². The highest BCUT2D eigenvalue weighted by molar-refractivity contribution is 9.11. The molecular weight excluding hydrogens is 496 g/mol. The van der Waals surface area contributed by atoms with Gasteiger partial charge in [-0.2, -0.15) is 0 Å². The minimum absolute atomic E-state index is 0.248. The third kappa shape index (κ3) is 3.38. The molecule has 0 aliphatic carbocycles. The molecule has 0 aliphatic rings. The van der Waals surface area contributed by atoms with Crippen LogP contribution in [-0.2, 0) is 10.0 Å². The average Bonchev–Trinajstić information content (AvgIpc) is 2.65. The Labute approximate surface area is 146 Å². The Kier molecular flexibility index (Phi) is 4.85. The number of sulfonamides is 1. The molecule has 108 valence electrons. The second kappa shape index (κ2) is 5.96. The van der Waals surface area contributed by atoms with Crippen molar-refractivity contribution in [3.8, 4) is 0 Å². The predicted octanol–water partition coefficient (Wildman–Crippen LogP) is 4.73. The number of rotatable bonds is 3. The number of hydrogen-bond donors (Lipinski definition) is 2. The third-order valence-corrected chi connectivity index (χ3v) is 7.61. The zero-order valence-electron chi connectivity index (χ0n) is 10.1. The Balaban J connectivity index is 2.43. The number of nitrogens with one attached hydrogen (secondary N) is 1. The van der Waals surface area contributed by atoms with E-state index >= 15 is 0 Å². The predicted molar refractivity (Wildman–Crippen MR) is 93.8 cm³/mol. The third-order valence-electron chi connectivity index (χ3n) is 2.40. The first-order valence-corrected chi connectivity index (χ1v) is 9.92. The van der Waals surface area contributed by atoms with Crippen LogP contribution < -0.4 is 10.5 Å². The normalized spacial score (nSPS) is 11.6. The van der Waals surface area contributed by atoms with Crippen LogP contribution in [0.15, 0.2) is 35.1 Å². The molecule has 0 saturated carbocycles. The molecule has 0 spiro atoms. The quantitative estimate of drug-likeness (QED) is 0.594. The zero-order valence-corrected chi connectivity index (χ0v) is 16.5. The molecule has 2 aromatic rings. The van der Waals surface area contributed by atoms with E-state index in [-0.39, 0.29) is 4.21 Å². The number of aryl methyl sites for hydroxylation is 1. The standard InChI is InChI=1S/C11H9Br3N2O2S2/c1-5-2-9(19-11(5)14)20(17,18)16-10-7(12)3-6(15)4-8(10)13/h2-4,16H,15H2,1H3. The molecule has 3 N–H and O–H groups in total. The summed E-state index contributed by atoms with van der Waals surface area (Å²) in [6.45, 7) is 1.84. The summed E-state index contributed by atoms with van der Waals surface area (Å²) in [5.74, 6) is 0. The molecule has 0 radical (unpaired) electrons. The molecule has 0 fully saturated rings. The van der Waals surface area contributed by atoms with E-state index in [0.717, 1.165) is 9.35 Å². The van der Waals surface area contributed by atoms with Crippen LogP contribution in [0.3, 0.4) is 0 Å². The van der Waals surface area contributed by atoms with Crippen molar-refractivity contribution in [2.45, 2.75) is 11.1 Å². The molecule has 0 atom stereocenters. The van der Waals surface area contributed by atoms with Crippen LogP contribution in [0.2, 0.25) is 0 Å². The average molecular weight is 505 g/mol. The Bertz CT molecular complexity index is 729. The smallest absolute Gasteiger partial charge is 0.271 e. The van der Waals surface area contributed by atoms with Gasteiger partial charge in [0.2, 0.25) is 0 Å². The van der Waals surface area contributed by atoms with Gasteiger partial charge in [0.1, 0.15) is 4.21 Å². The van der Waals surface area contributed by atoms with E-state index < -0.39 is 10.0 Å². The highest BCUT2D eigenvalue weighted by Crippen LogP contribution is 2.37. The van der Waals surface area contributed by atoms with Gasteiger partial charge in [-0.15, -0.1) is 11.3 Å².